The molecule has 0 aromatic heterocycles. The van der Waals surface area contributed by atoms with Gasteiger partial charge in [0.1, 0.15) is 17.8 Å². The SMILES string of the molecule is CN1CCc2ccccc2C1.O=CCCC(=O)NCc1ccc(Oc2ccccc2)cc1. The van der Waals surface area contributed by atoms with Crippen molar-refractivity contribution < 1.29 is 14.3 Å². The number of hydrogen-bond donors (Lipinski definition) is 1. The summed E-state index contributed by atoms with van der Waals surface area (Å²) in [5, 5.41) is 2.76. The number of nitrogens with zero attached hydrogens (tertiary/aromatic N) is 1. The Bertz CT molecular complexity index is 987. The molecule has 1 aliphatic heterocycles. The molecule has 0 saturated heterocycles. The quantitative estimate of drug-likeness (QED) is 0.550. The van der Waals surface area contributed by atoms with Crippen molar-refractivity contribution in [3.63, 3.8) is 0 Å². The van der Waals surface area contributed by atoms with E-state index in [1.54, 1.807) is 0 Å². The molecule has 0 saturated carbocycles. The van der Waals surface area contributed by atoms with Crippen molar-refractivity contribution in [1.82, 2.24) is 10.2 Å². The zero-order valence-corrected chi connectivity index (χ0v) is 18.5. The molecule has 1 amide bonds. The van der Waals surface area contributed by atoms with Crippen LogP contribution in [0.15, 0.2) is 78.9 Å². The van der Waals surface area contributed by atoms with Crippen LogP contribution in [0.25, 0.3) is 0 Å². The Labute approximate surface area is 190 Å². The van der Waals surface area contributed by atoms with Gasteiger partial charge in [-0.3, -0.25) is 4.79 Å². The Morgan fingerprint density at radius 1 is 0.938 bits per heavy atom. The van der Waals surface area contributed by atoms with E-state index in [-0.39, 0.29) is 18.7 Å². The first-order chi connectivity index (χ1) is 15.6. The Balaban J connectivity index is 0.000000219. The minimum absolute atomic E-state index is 0.119. The highest BCUT2D eigenvalue weighted by Crippen LogP contribution is 2.21. The highest BCUT2D eigenvalue weighted by Gasteiger charge is 2.10. The normalized spacial score (nSPS) is 12.7. The molecule has 4 rings (SSSR count). The molecule has 0 radical (unpaired) electrons. The van der Waals surface area contributed by atoms with Crippen LogP contribution in [0.4, 0.5) is 0 Å². The summed E-state index contributed by atoms with van der Waals surface area (Å²) in [5.74, 6) is 1.41. The van der Waals surface area contributed by atoms with Gasteiger partial charge in [0.15, 0.2) is 0 Å². The van der Waals surface area contributed by atoms with E-state index in [0.717, 1.165) is 29.9 Å². The van der Waals surface area contributed by atoms with E-state index in [0.29, 0.717) is 6.54 Å². The van der Waals surface area contributed by atoms with Crippen LogP contribution < -0.4 is 10.1 Å². The summed E-state index contributed by atoms with van der Waals surface area (Å²) in [7, 11) is 2.18. The number of nitrogens with one attached hydrogen (secondary N) is 1. The molecular weight excluding hydrogens is 400 g/mol. The van der Waals surface area contributed by atoms with Crippen LogP contribution in [0, 0.1) is 0 Å². The summed E-state index contributed by atoms with van der Waals surface area (Å²) in [6, 6.07) is 25.8. The molecule has 1 heterocycles. The lowest BCUT2D eigenvalue weighted by Crippen LogP contribution is -2.26. The van der Waals surface area contributed by atoms with Crippen molar-refractivity contribution in [3.05, 3.63) is 95.6 Å². The Morgan fingerprint density at radius 2 is 1.59 bits per heavy atom. The van der Waals surface area contributed by atoms with Gasteiger partial charge >= 0.3 is 0 Å². The highest BCUT2D eigenvalue weighted by atomic mass is 16.5. The molecule has 166 valence electrons. The predicted octanol–water partition coefficient (Wildman–Crippen LogP) is 4.75. The van der Waals surface area contributed by atoms with Gasteiger partial charge in [-0.2, -0.15) is 0 Å². The first kappa shape index (κ1) is 23.2. The minimum atomic E-state index is -0.119. The van der Waals surface area contributed by atoms with E-state index < -0.39 is 0 Å². The second-order valence-corrected chi connectivity index (χ2v) is 7.80. The molecule has 0 aliphatic carbocycles. The van der Waals surface area contributed by atoms with Gasteiger partial charge in [-0.25, -0.2) is 0 Å². The van der Waals surface area contributed by atoms with E-state index in [9.17, 15) is 9.59 Å². The Hall–Kier alpha value is -3.44. The van der Waals surface area contributed by atoms with Crippen molar-refractivity contribution in [2.24, 2.45) is 0 Å². The molecule has 0 fully saturated rings. The van der Waals surface area contributed by atoms with E-state index in [2.05, 4.69) is 41.5 Å². The number of aldehydes is 1. The molecule has 1 aliphatic rings. The number of para-hydroxylation sites is 1. The van der Waals surface area contributed by atoms with Crippen molar-refractivity contribution in [2.45, 2.75) is 32.4 Å². The third-order valence-corrected chi connectivity index (χ3v) is 5.20. The van der Waals surface area contributed by atoms with Crippen LogP contribution in [0.3, 0.4) is 0 Å². The fourth-order valence-corrected chi connectivity index (χ4v) is 3.42. The zero-order valence-electron chi connectivity index (χ0n) is 18.5. The lowest BCUT2D eigenvalue weighted by molar-refractivity contribution is -0.122. The number of likely N-dealkylation sites (N-methyl/N-ethyl adjacent to an activating group) is 1. The number of fused-ring (bicyclic) bond motifs is 1. The first-order valence-electron chi connectivity index (χ1n) is 10.9. The first-order valence-corrected chi connectivity index (χ1v) is 10.9. The molecule has 5 nitrogen and oxygen atoms in total. The van der Waals surface area contributed by atoms with Gasteiger partial charge in [0.25, 0.3) is 0 Å². The van der Waals surface area contributed by atoms with Crippen molar-refractivity contribution in [3.8, 4) is 11.5 Å². The maximum absolute atomic E-state index is 11.4. The van der Waals surface area contributed by atoms with Gasteiger partial charge in [-0.05, 0) is 54.4 Å². The monoisotopic (exact) mass is 430 g/mol. The average molecular weight is 431 g/mol. The molecule has 32 heavy (non-hydrogen) atoms. The summed E-state index contributed by atoms with van der Waals surface area (Å²) in [6.45, 7) is 2.77. The van der Waals surface area contributed by atoms with Crippen molar-refractivity contribution in [1.29, 1.82) is 0 Å². The number of carbonyl (C=O) groups is 2. The smallest absolute Gasteiger partial charge is 0.220 e. The predicted molar refractivity (Wildman–Crippen MR) is 127 cm³/mol. The van der Waals surface area contributed by atoms with Crippen molar-refractivity contribution >= 4 is 12.2 Å². The van der Waals surface area contributed by atoms with E-state index in [1.807, 2.05) is 54.6 Å². The van der Waals surface area contributed by atoms with Gasteiger partial charge < -0.3 is 19.7 Å². The number of carbonyl (C=O) groups excluding carboxylic acids is 2. The van der Waals surface area contributed by atoms with Gasteiger partial charge in [0.05, 0.1) is 0 Å². The summed E-state index contributed by atoms with van der Waals surface area (Å²) in [5.41, 5.74) is 4.02. The number of rotatable bonds is 7. The van der Waals surface area contributed by atoms with Crippen LogP contribution >= 0.6 is 0 Å². The van der Waals surface area contributed by atoms with Crippen LogP contribution in [0.5, 0.6) is 11.5 Å². The lowest BCUT2D eigenvalue weighted by atomic mass is 10.0. The van der Waals surface area contributed by atoms with Gasteiger partial charge in [0, 0.05) is 32.5 Å². The second kappa shape index (κ2) is 12.4. The average Bonchev–Trinajstić information content (AvgIpc) is 2.83. The Morgan fingerprint density at radius 3 is 2.31 bits per heavy atom. The topological polar surface area (TPSA) is 58.6 Å². The minimum Gasteiger partial charge on any atom is -0.457 e. The summed E-state index contributed by atoms with van der Waals surface area (Å²) in [4.78, 5) is 23.9. The Kier molecular flexibility index (Phi) is 9.02. The molecule has 0 spiro atoms. The fraction of sp³-hybridized carbons (Fsp3) is 0.259. The summed E-state index contributed by atoms with van der Waals surface area (Å²) in [6.07, 6.45) is 2.45. The van der Waals surface area contributed by atoms with E-state index >= 15 is 0 Å². The number of benzene rings is 3. The summed E-state index contributed by atoms with van der Waals surface area (Å²) < 4.78 is 5.69. The third-order valence-electron chi connectivity index (χ3n) is 5.20. The molecule has 3 aromatic rings. The van der Waals surface area contributed by atoms with Gasteiger partial charge in [-0.1, -0.05) is 54.6 Å². The largest absolute Gasteiger partial charge is 0.457 e. The standard InChI is InChI=1S/C17H17NO3.C10H13N/c19-12-4-7-17(20)18-13-14-8-10-16(11-9-14)21-15-5-2-1-3-6-15;1-11-7-6-9-4-2-3-5-10(9)8-11/h1-3,5-6,8-12H,4,7,13H2,(H,18,20);2-5H,6-8H2,1H3. The van der Waals surface area contributed by atoms with Crippen LogP contribution in [-0.4, -0.2) is 30.7 Å². The number of hydrogen-bond acceptors (Lipinski definition) is 4. The maximum atomic E-state index is 11.4. The molecular formula is C27H30N2O3. The molecule has 1 N–H and O–H groups in total. The summed E-state index contributed by atoms with van der Waals surface area (Å²) >= 11 is 0. The van der Waals surface area contributed by atoms with Gasteiger partial charge in [-0.15, -0.1) is 0 Å². The molecule has 3 aromatic carbocycles. The van der Waals surface area contributed by atoms with Crippen LogP contribution in [0.1, 0.15) is 29.5 Å². The molecule has 0 unspecified atom stereocenters. The van der Waals surface area contributed by atoms with Crippen molar-refractivity contribution in [2.75, 3.05) is 13.6 Å². The fourth-order valence-electron chi connectivity index (χ4n) is 3.42. The second-order valence-electron chi connectivity index (χ2n) is 7.80. The van der Waals surface area contributed by atoms with Gasteiger partial charge in [0.2, 0.25) is 5.91 Å². The number of ether oxygens (including phenoxy) is 1. The van der Waals surface area contributed by atoms with Crippen LogP contribution in [-0.2, 0) is 29.1 Å². The highest BCUT2D eigenvalue weighted by molar-refractivity contribution is 5.78. The molecule has 0 bridgehead atoms. The number of amides is 1. The van der Waals surface area contributed by atoms with Crippen LogP contribution in [0.2, 0.25) is 0 Å². The third kappa shape index (κ3) is 7.67. The lowest BCUT2D eigenvalue weighted by Gasteiger charge is -2.24. The zero-order chi connectivity index (χ0) is 22.6. The van der Waals surface area contributed by atoms with E-state index in [1.165, 1.54) is 24.1 Å². The maximum Gasteiger partial charge on any atom is 0.220 e. The molecule has 0 atom stereocenters. The van der Waals surface area contributed by atoms with E-state index in [4.69, 9.17) is 4.74 Å². The molecule has 5 heteroatoms.